The molecule has 0 spiro atoms. The van der Waals surface area contributed by atoms with E-state index in [9.17, 15) is 5.11 Å². The third kappa shape index (κ3) is 5.32. The van der Waals surface area contributed by atoms with E-state index in [4.69, 9.17) is 10.00 Å². The fourth-order valence-corrected chi connectivity index (χ4v) is 2.92. The van der Waals surface area contributed by atoms with Gasteiger partial charge in [-0.1, -0.05) is 37.8 Å². The van der Waals surface area contributed by atoms with E-state index >= 15 is 0 Å². The Morgan fingerprint density at radius 1 is 1.23 bits per heavy atom. The maximum Gasteiger partial charge on any atom is 0.181 e. The molecule has 1 unspecified atom stereocenters. The minimum Gasteiger partial charge on any atom is -0.476 e. The first kappa shape index (κ1) is 16.8. The van der Waals surface area contributed by atoms with Crippen LogP contribution in [0.15, 0.2) is 24.3 Å². The van der Waals surface area contributed by atoms with Crippen molar-refractivity contribution in [3.05, 3.63) is 29.8 Å². The summed E-state index contributed by atoms with van der Waals surface area (Å²) in [5.41, 5.74) is 0.607. The minimum absolute atomic E-state index is 0.437. The number of hydrogen-bond donors (Lipinski definition) is 2. The molecule has 0 saturated heterocycles. The summed E-state index contributed by atoms with van der Waals surface area (Å²) in [6, 6.07) is 9.79. The third-order valence-electron chi connectivity index (χ3n) is 4.24. The molecule has 1 aliphatic carbocycles. The molecule has 1 aliphatic rings. The van der Waals surface area contributed by atoms with Crippen LogP contribution in [0.1, 0.15) is 51.0 Å². The lowest BCUT2D eigenvalue weighted by molar-refractivity contribution is 0.0250. The Bertz CT molecular complexity index is 485. The van der Waals surface area contributed by atoms with E-state index in [-0.39, 0.29) is 0 Å². The van der Waals surface area contributed by atoms with Gasteiger partial charge in [0.1, 0.15) is 11.8 Å². The van der Waals surface area contributed by atoms with Crippen LogP contribution in [0.5, 0.6) is 5.75 Å². The molecule has 0 aromatic heterocycles. The molecule has 2 N–H and O–H groups in total. The second kappa shape index (κ2) is 8.17. The molecule has 4 heteroatoms. The molecule has 0 aliphatic heterocycles. The number of aliphatic hydroxyl groups is 1. The van der Waals surface area contributed by atoms with E-state index in [1.807, 2.05) is 30.3 Å². The average molecular weight is 302 g/mol. The zero-order valence-electron chi connectivity index (χ0n) is 13.3. The molecule has 0 bridgehead atoms. The summed E-state index contributed by atoms with van der Waals surface area (Å²) in [4.78, 5) is 0. The SMILES string of the molecule is CC(C#N)Oc1ccc(CNCC2(O)CCCCCC2)cc1. The van der Waals surface area contributed by atoms with E-state index < -0.39 is 11.7 Å². The molecule has 4 nitrogen and oxygen atoms in total. The molecular weight excluding hydrogens is 276 g/mol. The third-order valence-corrected chi connectivity index (χ3v) is 4.24. The highest BCUT2D eigenvalue weighted by Crippen LogP contribution is 2.26. The number of benzene rings is 1. The summed E-state index contributed by atoms with van der Waals surface area (Å²) >= 11 is 0. The molecule has 22 heavy (non-hydrogen) atoms. The van der Waals surface area contributed by atoms with Gasteiger partial charge in [-0.2, -0.15) is 5.26 Å². The summed E-state index contributed by atoms with van der Waals surface area (Å²) in [5, 5.41) is 22.7. The van der Waals surface area contributed by atoms with Crippen LogP contribution in [0, 0.1) is 11.3 Å². The summed E-state index contributed by atoms with van der Waals surface area (Å²) < 4.78 is 5.43. The standard InChI is InChI=1S/C18H26N2O2/c1-15(12-19)22-17-8-6-16(7-9-17)13-20-14-18(21)10-4-2-3-5-11-18/h6-9,15,20-21H,2-5,10-11,13-14H2,1H3. The zero-order chi connectivity index (χ0) is 15.8. The summed E-state index contributed by atoms with van der Waals surface area (Å²) in [7, 11) is 0. The molecule has 1 aromatic rings. The fourth-order valence-electron chi connectivity index (χ4n) is 2.92. The predicted molar refractivity (Wildman–Crippen MR) is 86.5 cm³/mol. The maximum atomic E-state index is 10.6. The molecule has 1 aromatic carbocycles. The van der Waals surface area contributed by atoms with Crippen molar-refractivity contribution in [3.8, 4) is 11.8 Å². The molecule has 1 fully saturated rings. The van der Waals surface area contributed by atoms with Gasteiger partial charge in [-0.05, 0) is 37.5 Å². The van der Waals surface area contributed by atoms with Crippen LogP contribution in [0.2, 0.25) is 0 Å². The van der Waals surface area contributed by atoms with Crippen LogP contribution in [0.4, 0.5) is 0 Å². The van der Waals surface area contributed by atoms with E-state index in [0.717, 1.165) is 37.8 Å². The van der Waals surface area contributed by atoms with Crippen molar-refractivity contribution in [2.24, 2.45) is 0 Å². The first-order valence-electron chi connectivity index (χ1n) is 8.20. The lowest BCUT2D eigenvalue weighted by Gasteiger charge is -2.27. The number of nitrogens with zero attached hydrogens (tertiary/aromatic N) is 1. The molecule has 0 radical (unpaired) electrons. The van der Waals surface area contributed by atoms with Crippen molar-refractivity contribution < 1.29 is 9.84 Å². The molecule has 2 rings (SSSR count). The van der Waals surface area contributed by atoms with E-state index in [1.165, 1.54) is 12.8 Å². The average Bonchev–Trinajstić information content (AvgIpc) is 2.74. The van der Waals surface area contributed by atoms with Gasteiger partial charge in [0.15, 0.2) is 6.10 Å². The van der Waals surface area contributed by atoms with Crippen LogP contribution >= 0.6 is 0 Å². The topological polar surface area (TPSA) is 65.3 Å². The molecule has 1 saturated carbocycles. The van der Waals surface area contributed by atoms with Crippen molar-refractivity contribution in [2.45, 2.75) is 63.7 Å². The Kier molecular flexibility index (Phi) is 6.23. The van der Waals surface area contributed by atoms with Crippen LogP contribution in [-0.2, 0) is 6.54 Å². The Morgan fingerprint density at radius 3 is 2.45 bits per heavy atom. The van der Waals surface area contributed by atoms with Crippen LogP contribution in [-0.4, -0.2) is 23.4 Å². The van der Waals surface area contributed by atoms with Crippen molar-refractivity contribution in [1.29, 1.82) is 5.26 Å². The largest absolute Gasteiger partial charge is 0.476 e. The van der Waals surface area contributed by atoms with E-state index in [0.29, 0.717) is 12.3 Å². The predicted octanol–water partition coefficient (Wildman–Crippen LogP) is 3.15. The second-order valence-electron chi connectivity index (χ2n) is 6.28. The van der Waals surface area contributed by atoms with Gasteiger partial charge in [0.25, 0.3) is 0 Å². The Balaban J connectivity index is 1.78. The monoisotopic (exact) mass is 302 g/mol. The van der Waals surface area contributed by atoms with Gasteiger partial charge >= 0.3 is 0 Å². The van der Waals surface area contributed by atoms with Gasteiger partial charge in [0, 0.05) is 13.1 Å². The van der Waals surface area contributed by atoms with Crippen LogP contribution in [0.25, 0.3) is 0 Å². The van der Waals surface area contributed by atoms with Crippen molar-refractivity contribution in [2.75, 3.05) is 6.54 Å². The highest BCUT2D eigenvalue weighted by Gasteiger charge is 2.27. The van der Waals surface area contributed by atoms with Gasteiger partial charge in [0.2, 0.25) is 0 Å². The van der Waals surface area contributed by atoms with Crippen molar-refractivity contribution in [3.63, 3.8) is 0 Å². The number of ether oxygens (including phenoxy) is 1. The van der Waals surface area contributed by atoms with Crippen molar-refractivity contribution in [1.82, 2.24) is 5.32 Å². The molecule has 0 amide bonds. The van der Waals surface area contributed by atoms with Crippen molar-refractivity contribution >= 4 is 0 Å². The quantitative estimate of drug-likeness (QED) is 0.792. The minimum atomic E-state index is -0.540. The second-order valence-corrected chi connectivity index (χ2v) is 6.28. The smallest absolute Gasteiger partial charge is 0.181 e. The van der Waals surface area contributed by atoms with Crippen LogP contribution < -0.4 is 10.1 Å². The Labute approximate surface area is 133 Å². The number of nitrogens with one attached hydrogen (secondary N) is 1. The summed E-state index contributed by atoms with van der Waals surface area (Å²) in [5.74, 6) is 0.709. The van der Waals surface area contributed by atoms with Gasteiger partial charge in [-0.15, -0.1) is 0 Å². The van der Waals surface area contributed by atoms with Gasteiger partial charge < -0.3 is 15.2 Å². The first-order chi connectivity index (χ1) is 10.6. The van der Waals surface area contributed by atoms with Gasteiger partial charge in [-0.3, -0.25) is 0 Å². The number of rotatable bonds is 6. The normalized spacial score (nSPS) is 19.0. The van der Waals surface area contributed by atoms with E-state index in [1.54, 1.807) is 6.92 Å². The zero-order valence-corrected chi connectivity index (χ0v) is 13.3. The van der Waals surface area contributed by atoms with Gasteiger partial charge in [-0.25, -0.2) is 0 Å². The lowest BCUT2D eigenvalue weighted by atomic mass is 9.94. The maximum absolute atomic E-state index is 10.6. The molecule has 0 heterocycles. The number of hydrogen-bond acceptors (Lipinski definition) is 4. The van der Waals surface area contributed by atoms with E-state index in [2.05, 4.69) is 5.32 Å². The summed E-state index contributed by atoms with van der Waals surface area (Å²) in [6.45, 7) is 3.11. The van der Waals surface area contributed by atoms with Crippen LogP contribution in [0.3, 0.4) is 0 Å². The number of nitriles is 1. The molecular formula is C18H26N2O2. The highest BCUT2D eigenvalue weighted by molar-refractivity contribution is 5.27. The summed E-state index contributed by atoms with van der Waals surface area (Å²) in [6.07, 6.45) is 6.10. The van der Waals surface area contributed by atoms with Gasteiger partial charge in [0.05, 0.1) is 5.60 Å². The lowest BCUT2D eigenvalue weighted by Crippen LogP contribution is -2.39. The Hall–Kier alpha value is -1.57. The molecule has 120 valence electrons. The fraction of sp³-hybridized carbons (Fsp3) is 0.611. The Morgan fingerprint density at radius 2 is 1.86 bits per heavy atom. The first-order valence-corrected chi connectivity index (χ1v) is 8.20. The molecule has 1 atom stereocenters. The highest BCUT2D eigenvalue weighted by atomic mass is 16.5.